The molecule has 4 heteroatoms. The molecule has 1 unspecified atom stereocenters. The molecule has 1 aliphatic rings. The molecule has 0 aromatic heterocycles. The normalized spacial score (nSPS) is 19.2. The maximum absolute atomic E-state index is 12.0. The van der Waals surface area contributed by atoms with E-state index in [1.54, 1.807) is 4.90 Å². The molecule has 1 aromatic carbocycles. The highest BCUT2D eigenvalue weighted by Crippen LogP contribution is 2.33. The number of likely N-dealkylation sites (tertiary alicyclic amines) is 1. The summed E-state index contributed by atoms with van der Waals surface area (Å²) in [6, 6.07) is 6.12. The number of nitrogens with zero attached hydrogens (tertiary/aromatic N) is 1. The fourth-order valence-electron chi connectivity index (χ4n) is 2.47. The van der Waals surface area contributed by atoms with E-state index >= 15 is 0 Å². The van der Waals surface area contributed by atoms with E-state index in [1.807, 2.05) is 33.8 Å². The minimum Gasteiger partial charge on any atom is -0.444 e. The van der Waals surface area contributed by atoms with Crippen LogP contribution in [0.15, 0.2) is 18.2 Å². The van der Waals surface area contributed by atoms with Crippen LogP contribution < -0.4 is 0 Å². The van der Waals surface area contributed by atoms with Gasteiger partial charge in [0.2, 0.25) is 0 Å². The molecule has 1 amide bonds. The van der Waals surface area contributed by atoms with Crippen molar-refractivity contribution in [1.29, 1.82) is 0 Å². The van der Waals surface area contributed by atoms with Crippen molar-refractivity contribution in [2.45, 2.75) is 45.6 Å². The number of hydrogen-bond acceptors (Lipinski definition) is 2. The zero-order chi connectivity index (χ0) is 14.9. The number of rotatable bonds is 1. The highest BCUT2D eigenvalue weighted by molar-refractivity contribution is 6.31. The second-order valence-corrected chi connectivity index (χ2v) is 6.84. The van der Waals surface area contributed by atoms with Crippen molar-refractivity contribution >= 4 is 17.7 Å². The summed E-state index contributed by atoms with van der Waals surface area (Å²) in [6.45, 7) is 9.08. The Bertz CT molecular complexity index is 508. The first-order chi connectivity index (χ1) is 9.26. The van der Waals surface area contributed by atoms with Crippen LogP contribution in [0, 0.1) is 6.92 Å². The Balaban J connectivity index is 2.03. The molecule has 1 aromatic rings. The van der Waals surface area contributed by atoms with Crippen LogP contribution in [0.1, 0.15) is 44.2 Å². The van der Waals surface area contributed by atoms with Crippen LogP contribution >= 0.6 is 11.6 Å². The third-order valence-electron chi connectivity index (χ3n) is 3.44. The highest BCUT2D eigenvalue weighted by atomic mass is 35.5. The first kappa shape index (κ1) is 15.2. The van der Waals surface area contributed by atoms with E-state index in [2.05, 4.69) is 12.1 Å². The molecule has 1 aliphatic heterocycles. The van der Waals surface area contributed by atoms with Gasteiger partial charge in [-0.15, -0.1) is 0 Å². The lowest BCUT2D eigenvalue weighted by atomic mass is 9.97. The summed E-state index contributed by atoms with van der Waals surface area (Å²) in [4.78, 5) is 13.8. The van der Waals surface area contributed by atoms with Gasteiger partial charge >= 0.3 is 6.09 Å². The predicted octanol–water partition coefficient (Wildman–Crippen LogP) is 4.37. The first-order valence-corrected chi connectivity index (χ1v) is 7.38. The third kappa shape index (κ3) is 3.66. The number of amides is 1. The molecule has 0 radical (unpaired) electrons. The zero-order valence-corrected chi connectivity index (χ0v) is 13.3. The molecule has 0 aliphatic carbocycles. The summed E-state index contributed by atoms with van der Waals surface area (Å²) in [7, 11) is 0. The molecule has 1 saturated heterocycles. The van der Waals surface area contributed by atoms with Crippen LogP contribution in [0.3, 0.4) is 0 Å². The van der Waals surface area contributed by atoms with Gasteiger partial charge in [-0.1, -0.05) is 23.7 Å². The fraction of sp³-hybridized carbons (Fsp3) is 0.562. The van der Waals surface area contributed by atoms with Gasteiger partial charge < -0.3 is 9.64 Å². The molecule has 1 heterocycles. The van der Waals surface area contributed by atoms with Gasteiger partial charge in [0, 0.05) is 24.0 Å². The van der Waals surface area contributed by atoms with Crippen LogP contribution in [-0.2, 0) is 4.74 Å². The van der Waals surface area contributed by atoms with Gasteiger partial charge in [0.15, 0.2) is 0 Å². The first-order valence-electron chi connectivity index (χ1n) is 7.00. The SMILES string of the molecule is Cc1ccc(C2CCN(C(=O)OC(C)(C)C)C2)c(Cl)c1. The average Bonchev–Trinajstić information content (AvgIpc) is 2.75. The quantitative estimate of drug-likeness (QED) is 0.770. The molecule has 20 heavy (non-hydrogen) atoms. The van der Waals surface area contributed by atoms with Crippen LogP contribution in [-0.4, -0.2) is 29.7 Å². The Labute approximate surface area is 125 Å². The summed E-state index contributed by atoms with van der Waals surface area (Å²) in [6.07, 6.45) is 0.699. The lowest BCUT2D eigenvalue weighted by Crippen LogP contribution is -2.35. The van der Waals surface area contributed by atoms with E-state index < -0.39 is 5.60 Å². The van der Waals surface area contributed by atoms with E-state index in [4.69, 9.17) is 16.3 Å². The molecular formula is C16H22ClNO2. The predicted molar refractivity (Wildman–Crippen MR) is 81.4 cm³/mol. The molecule has 2 rings (SSSR count). The van der Waals surface area contributed by atoms with Gasteiger partial charge in [-0.2, -0.15) is 0 Å². The third-order valence-corrected chi connectivity index (χ3v) is 3.76. The minimum atomic E-state index is -0.448. The van der Waals surface area contributed by atoms with Crippen LogP contribution in [0.5, 0.6) is 0 Å². The Kier molecular flexibility index (Phi) is 4.28. The Hall–Kier alpha value is -1.22. The molecule has 1 fully saturated rings. The summed E-state index contributed by atoms with van der Waals surface area (Å²) in [5.74, 6) is 0.301. The van der Waals surface area contributed by atoms with Crippen LogP contribution in [0.2, 0.25) is 5.02 Å². The smallest absolute Gasteiger partial charge is 0.410 e. The summed E-state index contributed by atoms with van der Waals surface area (Å²) in [5.41, 5.74) is 1.83. The molecule has 0 spiro atoms. The minimum absolute atomic E-state index is 0.233. The number of carbonyl (C=O) groups excluding carboxylic acids is 1. The summed E-state index contributed by atoms with van der Waals surface area (Å²) in [5, 5.41) is 0.793. The lowest BCUT2D eigenvalue weighted by Gasteiger charge is -2.24. The summed E-state index contributed by atoms with van der Waals surface area (Å²) >= 11 is 6.31. The van der Waals surface area contributed by atoms with Crippen molar-refractivity contribution in [2.24, 2.45) is 0 Å². The number of aryl methyl sites for hydroxylation is 1. The van der Waals surface area contributed by atoms with Gasteiger partial charge in [-0.25, -0.2) is 4.79 Å². The summed E-state index contributed by atoms with van der Waals surface area (Å²) < 4.78 is 5.41. The fourth-order valence-corrected chi connectivity index (χ4v) is 2.86. The lowest BCUT2D eigenvalue weighted by molar-refractivity contribution is 0.0292. The second kappa shape index (κ2) is 5.65. The van der Waals surface area contributed by atoms with Crippen molar-refractivity contribution in [3.05, 3.63) is 34.3 Å². The van der Waals surface area contributed by atoms with E-state index in [-0.39, 0.29) is 6.09 Å². The van der Waals surface area contributed by atoms with Crippen molar-refractivity contribution in [3.8, 4) is 0 Å². The standard InChI is InChI=1S/C16H22ClNO2/c1-11-5-6-13(14(17)9-11)12-7-8-18(10-12)15(19)20-16(2,3)4/h5-6,9,12H,7-8,10H2,1-4H3. The van der Waals surface area contributed by atoms with Crippen molar-refractivity contribution in [1.82, 2.24) is 4.90 Å². The molecule has 110 valence electrons. The highest BCUT2D eigenvalue weighted by Gasteiger charge is 2.31. The molecule has 0 N–H and O–H groups in total. The van der Waals surface area contributed by atoms with Crippen molar-refractivity contribution in [2.75, 3.05) is 13.1 Å². The zero-order valence-electron chi connectivity index (χ0n) is 12.6. The van der Waals surface area contributed by atoms with E-state index in [0.717, 1.165) is 29.1 Å². The second-order valence-electron chi connectivity index (χ2n) is 6.44. The van der Waals surface area contributed by atoms with E-state index in [0.29, 0.717) is 12.5 Å². The Morgan fingerprint density at radius 2 is 2.10 bits per heavy atom. The van der Waals surface area contributed by atoms with Gasteiger partial charge in [-0.3, -0.25) is 0 Å². The topological polar surface area (TPSA) is 29.5 Å². The maximum Gasteiger partial charge on any atom is 0.410 e. The molecule has 0 saturated carbocycles. The number of hydrogen-bond donors (Lipinski definition) is 0. The van der Waals surface area contributed by atoms with Crippen molar-refractivity contribution in [3.63, 3.8) is 0 Å². The Morgan fingerprint density at radius 3 is 2.70 bits per heavy atom. The number of carbonyl (C=O) groups is 1. The van der Waals surface area contributed by atoms with Crippen LogP contribution in [0.25, 0.3) is 0 Å². The van der Waals surface area contributed by atoms with Crippen molar-refractivity contribution < 1.29 is 9.53 Å². The van der Waals surface area contributed by atoms with Gasteiger partial charge in [0.05, 0.1) is 0 Å². The molecule has 1 atom stereocenters. The maximum atomic E-state index is 12.0. The van der Waals surface area contributed by atoms with E-state index in [1.165, 1.54) is 0 Å². The van der Waals surface area contributed by atoms with Crippen LogP contribution in [0.4, 0.5) is 4.79 Å². The van der Waals surface area contributed by atoms with Gasteiger partial charge in [0.25, 0.3) is 0 Å². The van der Waals surface area contributed by atoms with Gasteiger partial charge in [0.1, 0.15) is 5.60 Å². The molecular weight excluding hydrogens is 274 g/mol. The molecule has 0 bridgehead atoms. The number of halogens is 1. The monoisotopic (exact) mass is 295 g/mol. The average molecular weight is 296 g/mol. The van der Waals surface area contributed by atoms with E-state index in [9.17, 15) is 4.79 Å². The molecule has 3 nitrogen and oxygen atoms in total. The number of ether oxygens (including phenoxy) is 1. The Morgan fingerprint density at radius 1 is 1.40 bits per heavy atom. The number of benzene rings is 1. The van der Waals surface area contributed by atoms with Gasteiger partial charge in [-0.05, 0) is 51.3 Å². The largest absolute Gasteiger partial charge is 0.444 e.